The van der Waals surface area contributed by atoms with Crippen LogP contribution in [0, 0.1) is 0 Å². The second-order valence-electron chi connectivity index (χ2n) is 3.25. The van der Waals surface area contributed by atoms with Gasteiger partial charge in [-0.3, -0.25) is 4.79 Å². The molecule has 0 heterocycles. The number of rotatable bonds is 5. The molecule has 0 aliphatic carbocycles. The van der Waals surface area contributed by atoms with Gasteiger partial charge in [0.25, 0.3) is 0 Å². The maximum Gasteiger partial charge on any atom is 0.161 e. The molecule has 0 spiro atoms. The van der Waals surface area contributed by atoms with Crippen LogP contribution in [0.15, 0.2) is 18.2 Å². The quantitative estimate of drug-likeness (QED) is 0.740. The van der Waals surface area contributed by atoms with Crippen LogP contribution in [0.3, 0.4) is 0 Å². The Hall–Kier alpha value is -1.81. The molecule has 1 rings (SSSR count). The zero-order valence-electron chi connectivity index (χ0n) is 9.14. The molecule has 1 aromatic rings. The maximum atomic E-state index is 10.8. The summed E-state index contributed by atoms with van der Waals surface area (Å²) in [6.45, 7) is 0.558. The van der Waals surface area contributed by atoms with Crippen LogP contribution in [0.1, 0.15) is 22.3 Å². The third-order valence-corrected chi connectivity index (χ3v) is 2.14. The summed E-state index contributed by atoms with van der Waals surface area (Å²) in [5.74, 6) is 0.304. The van der Waals surface area contributed by atoms with E-state index in [2.05, 4.69) is 0 Å². The molecule has 0 saturated heterocycles. The van der Waals surface area contributed by atoms with Gasteiger partial charge in [0, 0.05) is 5.56 Å². The van der Waals surface area contributed by atoms with E-state index in [4.69, 9.17) is 10.5 Å². The van der Waals surface area contributed by atoms with Gasteiger partial charge in [0.15, 0.2) is 17.8 Å². The maximum absolute atomic E-state index is 10.8. The van der Waals surface area contributed by atoms with Gasteiger partial charge in [-0.25, -0.2) is 0 Å². The molecule has 86 valence electrons. The van der Waals surface area contributed by atoms with Crippen LogP contribution in [0.5, 0.6) is 11.5 Å². The number of carbonyl (C=O) groups is 1. The minimum Gasteiger partial charge on any atom is -0.504 e. The summed E-state index contributed by atoms with van der Waals surface area (Å²) < 4.78 is 4.97. The molecule has 4 nitrogen and oxygen atoms in total. The average Bonchev–Trinajstić information content (AvgIpc) is 2.30. The van der Waals surface area contributed by atoms with E-state index in [0.717, 1.165) is 6.42 Å². The lowest BCUT2D eigenvalue weighted by Crippen LogP contribution is -1.95. The predicted octanol–water partition coefficient (Wildman–Crippen LogP) is 1.58. The summed E-state index contributed by atoms with van der Waals surface area (Å²) in [4.78, 5) is 10.8. The third kappa shape index (κ3) is 2.84. The van der Waals surface area contributed by atoms with Crippen molar-refractivity contribution in [3.63, 3.8) is 0 Å². The first kappa shape index (κ1) is 12.3. The first-order valence-corrected chi connectivity index (χ1v) is 4.95. The summed E-state index contributed by atoms with van der Waals surface area (Å²) in [5, 5.41) is 9.49. The van der Waals surface area contributed by atoms with Gasteiger partial charge in [-0.15, -0.1) is 0 Å². The van der Waals surface area contributed by atoms with Crippen LogP contribution < -0.4 is 10.5 Å². The fourth-order valence-corrected chi connectivity index (χ4v) is 1.32. The minimum atomic E-state index is -0.0411. The molecule has 0 fully saturated rings. The van der Waals surface area contributed by atoms with Crippen molar-refractivity contribution in [1.82, 2.24) is 0 Å². The minimum absolute atomic E-state index is 0.0411. The molecule has 0 aromatic heterocycles. The van der Waals surface area contributed by atoms with Crippen molar-refractivity contribution in [2.45, 2.75) is 6.42 Å². The van der Waals surface area contributed by atoms with E-state index in [-0.39, 0.29) is 5.75 Å². The standard InChI is InChI=1S/C12H15NO3/c1-16-12-7-9(4-2-3-5-13)10(8-14)6-11(12)15/h2,4,6-8,15H,3,5,13H2,1H3. The fraction of sp³-hybridized carbons (Fsp3) is 0.250. The molecule has 0 aliphatic heterocycles. The average molecular weight is 221 g/mol. The Balaban J connectivity index is 3.09. The molecule has 0 unspecified atom stereocenters. The Morgan fingerprint density at radius 2 is 2.19 bits per heavy atom. The number of ether oxygens (including phenoxy) is 1. The molecular weight excluding hydrogens is 206 g/mol. The lowest BCUT2D eigenvalue weighted by molar-refractivity contribution is 0.112. The second-order valence-corrected chi connectivity index (χ2v) is 3.25. The highest BCUT2D eigenvalue weighted by Crippen LogP contribution is 2.29. The number of carbonyl (C=O) groups excluding carboxylic acids is 1. The molecule has 4 heteroatoms. The number of hydrogen-bond acceptors (Lipinski definition) is 4. The van der Waals surface area contributed by atoms with E-state index in [9.17, 15) is 9.90 Å². The van der Waals surface area contributed by atoms with E-state index in [1.165, 1.54) is 13.2 Å². The van der Waals surface area contributed by atoms with E-state index >= 15 is 0 Å². The summed E-state index contributed by atoms with van der Waals surface area (Å²) in [6, 6.07) is 3.00. The van der Waals surface area contributed by atoms with E-state index < -0.39 is 0 Å². The molecule has 3 N–H and O–H groups in total. The molecule has 1 aromatic carbocycles. The fourth-order valence-electron chi connectivity index (χ4n) is 1.32. The van der Waals surface area contributed by atoms with Gasteiger partial charge in [0.1, 0.15) is 0 Å². The van der Waals surface area contributed by atoms with Crippen molar-refractivity contribution < 1.29 is 14.6 Å². The Morgan fingerprint density at radius 3 is 2.75 bits per heavy atom. The Kier molecular flexibility index (Phi) is 4.54. The number of phenols is 1. The summed E-state index contributed by atoms with van der Waals surface area (Å²) >= 11 is 0. The van der Waals surface area contributed by atoms with Crippen LogP contribution in [0.4, 0.5) is 0 Å². The van der Waals surface area contributed by atoms with E-state index in [0.29, 0.717) is 29.7 Å². The molecule has 0 bridgehead atoms. The third-order valence-electron chi connectivity index (χ3n) is 2.14. The van der Waals surface area contributed by atoms with Gasteiger partial charge in [0.2, 0.25) is 0 Å². The number of hydrogen-bond donors (Lipinski definition) is 2. The molecule has 0 radical (unpaired) electrons. The Labute approximate surface area is 94.3 Å². The molecular formula is C12H15NO3. The predicted molar refractivity (Wildman–Crippen MR) is 62.8 cm³/mol. The summed E-state index contributed by atoms with van der Waals surface area (Å²) in [6.07, 6.45) is 5.10. The highest BCUT2D eigenvalue weighted by atomic mass is 16.5. The van der Waals surface area contributed by atoms with Crippen molar-refractivity contribution >= 4 is 12.4 Å². The normalized spacial score (nSPS) is 10.6. The van der Waals surface area contributed by atoms with E-state index in [1.807, 2.05) is 6.08 Å². The number of aldehydes is 1. The smallest absolute Gasteiger partial charge is 0.161 e. The van der Waals surface area contributed by atoms with Crippen LogP contribution in [0.2, 0.25) is 0 Å². The number of methoxy groups -OCH3 is 1. The van der Waals surface area contributed by atoms with Crippen molar-refractivity contribution in [1.29, 1.82) is 0 Å². The van der Waals surface area contributed by atoms with Crippen molar-refractivity contribution in [2.75, 3.05) is 13.7 Å². The SMILES string of the molecule is COc1cc(C=CCCN)c(C=O)cc1O. The van der Waals surface area contributed by atoms with Gasteiger partial charge < -0.3 is 15.6 Å². The summed E-state index contributed by atoms with van der Waals surface area (Å²) in [5.41, 5.74) is 6.49. The van der Waals surface area contributed by atoms with Crippen LogP contribution in [0.25, 0.3) is 6.08 Å². The first-order valence-electron chi connectivity index (χ1n) is 4.95. The largest absolute Gasteiger partial charge is 0.504 e. The monoisotopic (exact) mass is 221 g/mol. The Morgan fingerprint density at radius 1 is 1.44 bits per heavy atom. The second kappa shape index (κ2) is 5.92. The highest BCUT2D eigenvalue weighted by molar-refractivity contribution is 5.83. The number of benzene rings is 1. The van der Waals surface area contributed by atoms with Crippen LogP contribution in [-0.2, 0) is 0 Å². The molecule has 0 saturated carbocycles. The zero-order chi connectivity index (χ0) is 12.0. The lowest BCUT2D eigenvalue weighted by Gasteiger charge is -2.06. The zero-order valence-corrected chi connectivity index (χ0v) is 9.14. The van der Waals surface area contributed by atoms with Crippen molar-refractivity contribution in [3.05, 3.63) is 29.3 Å². The molecule has 0 amide bonds. The topological polar surface area (TPSA) is 72.5 Å². The van der Waals surface area contributed by atoms with Crippen molar-refractivity contribution in [3.8, 4) is 11.5 Å². The summed E-state index contributed by atoms with van der Waals surface area (Å²) in [7, 11) is 1.46. The highest BCUT2D eigenvalue weighted by Gasteiger charge is 2.06. The van der Waals surface area contributed by atoms with Crippen LogP contribution >= 0.6 is 0 Å². The number of nitrogens with two attached hydrogens (primary N) is 1. The van der Waals surface area contributed by atoms with Gasteiger partial charge >= 0.3 is 0 Å². The van der Waals surface area contributed by atoms with Crippen molar-refractivity contribution in [2.24, 2.45) is 5.73 Å². The Bertz CT molecular complexity index is 399. The van der Waals surface area contributed by atoms with Gasteiger partial charge in [-0.2, -0.15) is 0 Å². The lowest BCUT2D eigenvalue weighted by atomic mass is 10.1. The van der Waals surface area contributed by atoms with E-state index in [1.54, 1.807) is 12.1 Å². The first-order chi connectivity index (χ1) is 7.72. The van der Waals surface area contributed by atoms with Crippen LogP contribution in [-0.4, -0.2) is 25.0 Å². The van der Waals surface area contributed by atoms with Gasteiger partial charge in [-0.05, 0) is 30.7 Å². The molecule has 0 atom stereocenters. The molecule has 16 heavy (non-hydrogen) atoms. The molecule has 0 aliphatic rings. The number of aromatic hydroxyl groups is 1. The van der Waals surface area contributed by atoms with Gasteiger partial charge in [0.05, 0.1) is 7.11 Å². The number of phenolic OH excluding ortho intramolecular Hbond substituents is 1. The van der Waals surface area contributed by atoms with Gasteiger partial charge in [-0.1, -0.05) is 12.2 Å².